The molecule has 3 heteroatoms. The van der Waals surface area contributed by atoms with Gasteiger partial charge in [-0.2, -0.15) is 0 Å². The van der Waals surface area contributed by atoms with Crippen LogP contribution in [0.5, 0.6) is 0 Å². The van der Waals surface area contributed by atoms with Crippen LogP contribution in [0.25, 0.3) is 0 Å². The lowest BCUT2D eigenvalue weighted by Crippen LogP contribution is -2.51. The van der Waals surface area contributed by atoms with Crippen LogP contribution >= 0.6 is 0 Å². The van der Waals surface area contributed by atoms with Crippen molar-refractivity contribution in [3.05, 3.63) is 23.3 Å². The minimum Gasteiger partial charge on any atom is -0.466 e. The van der Waals surface area contributed by atoms with E-state index >= 15 is 0 Å². The average molecular weight is 335 g/mol. The molecule has 5 atom stereocenters. The van der Waals surface area contributed by atoms with Crippen molar-refractivity contribution in [3.63, 3.8) is 0 Å². The third kappa shape index (κ3) is 3.46. The fourth-order valence-electron chi connectivity index (χ4n) is 5.10. The van der Waals surface area contributed by atoms with E-state index in [2.05, 4.69) is 33.8 Å². The van der Waals surface area contributed by atoms with E-state index in [1.807, 2.05) is 6.92 Å². The lowest BCUT2D eigenvalue weighted by molar-refractivity contribution is -0.134. The molecule has 0 aromatic rings. The largest absolute Gasteiger partial charge is 0.466 e. The fourth-order valence-corrected chi connectivity index (χ4v) is 5.10. The highest BCUT2D eigenvalue weighted by Crippen LogP contribution is 2.61. The number of methoxy groups -OCH3 is 1. The normalized spacial score (nSPS) is 39.9. The van der Waals surface area contributed by atoms with Crippen molar-refractivity contribution in [1.82, 2.24) is 0 Å². The minimum atomic E-state index is -0.320. The van der Waals surface area contributed by atoms with Gasteiger partial charge < -0.3 is 9.84 Å². The van der Waals surface area contributed by atoms with Gasteiger partial charge in [0.25, 0.3) is 0 Å². The van der Waals surface area contributed by atoms with Gasteiger partial charge in [-0.15, -0.1) is 0 Å². The number of esters is 1. The molecular weight excluding hydrogens is 300 g/mol. The Morgan fingerprint density at radius 1 is 1.46 bits per heavy atom. The minimum absolute atomic E-state index is 0.175. The van der Waals surface area contributed by atoms with Gasteiger partial charge in [0, 0.05) is 6.08 Å². The molecule has 0 spiro atoms. The van der Waals surface area contributed by atoms with Gasteiger partial charge in [-0.1, -0.05) is 38.0 Å². The average Bonchev–Trinajstić information content (AvgIpc) is 2.52. The molecule has 1 saturated carbocycles. The number of rotatable bonds is 4. The molecule has 3 nitrogen and oxygen atoms in total. The molecule has 1 fully saturated rings. The summed E-state index contributed by atoms with van der Waals surface area (Å²) >= 11 is 0. The van der Waals surface area contributed by atoms with E-state index in [1.54, 1.807) is 6.08 Å². The predicted octanol–water partition coefficient (Wildman–Crippen LogP) is 4.66. The van der Waals surface area contributed by atoms with Crippen molar-refractivity contribution in [2.24, 2.45) is 22.7 Å². The Kier molecular flexibility index (Phi) is 5.64. The molecule has 2 aliphatic rings. The maximum Gasteiger partial charge on any atom is 0.330 e. The number of ether oxygens (including phenoxy) is 1. The van der Waals surface area contributed by atoms with Crippen molar-refractivity contribution >= 4 is 5.97 Å². The van der Waals surface area contributed by atoms with Crippen LogP contribution in [0, 0.1) is 22.7 Å². The summed E-state index contributed by atoms with van der Waals surface area (Å²) in [7, 11) is 1.42. The number of aliphatic hydroxyl groups is 1. The van der Waals surface area contributed by atoms with Crippen LogP contribution < -0.4 is 0 Å². The number of allylic oxidation sites excluding steroid dienone is 2. The molecular formula is C21H34O3. The molecule has 0 amide bonds. The molecule has 0 radical (unpaired) electrons. The van der Waals surface area contributed by atoms with Crippen molar-refractivity contribution in [3.8, 4) is 0 Å². The molecule has 0 aromatic heterocycles. The molecule has 0 unspecified atom stereocenters. The summed E-state index contributed by atoms with van der Waals surface area (Å²) in [6, 6.07) is 0. The Bertz CT molecular complexity index is 547. The zero-order chi connectivity index (χ0) is 18.1. The van der Waals surface area contributed by atoms with Crippen molar-refractivity contribution in [1.29, 1.82) is 0 Å². The maximum absolute atomic E-state index is 11.4. The predicted molar refractivity (Wildman–Crippen MR) is 97.5 cm³/mol. The van der Waals surface area contributed by atoms with Crippen LogP contribution in [0.1, 0.15) is 66.7 Å². The van der Waals surface area contributed by atoms with E-state index in [4.69, 9.17) is 4.74 Å². The van der Waals surface area contributed by atoms with Crippen molar-refractivity contribution < 1.29 is 14.6 Å². The smallest absolute Gasteiger partial charge is 0.330 e. The summed E-state index contributed by atoms with van der Waals surface area (Å²) in [6.07, 6.45) is 8.60. The standard InChI is InChI=1S/C21H34O3/c1-14(11-19(23)24-6)7-9-20(4)15(2)8-10-21(5)16(3)12-17(22)13-18(20)21/h11-12,15,17-18,22H,7-10,13H2,1-6H3/b14-11+/t15-,17-,18-,20+,21+/m1/s1. The summed E-state index contributed by atoms with van der Waals surface area (Å²) in [5, 5.41) is 10.3. The van der Waals surface area contributed by atoms with Gasteiger partial charge >= 0.3 is 5.97 Å². The number of hydrogen-bond donors (Lipinski definition) is 1. The maximum atomic E-state index is 11.4. The van der Waals surface area contributed by atoms with Crippen LogP contribution in [0.3, 0.4) is 0 Å². The summed E-state index contributed by atoms with van der Waals surface area (Å²) in [6.45, 7) is 11.3. The van der Waals surface area contributed by atoms with Gasteiger partial charge in [0.1, 0.15) is 0 Å². The first kappa shape index (κ1) is 19.2. The topological polar surface area (TPSA) is 46.5 Å². The van der Waals surface area contributed by atoms with Crippen molar-refractivity contribution in [2.45, 2.75) is 72.8 Å². The lowest BCUT2D eigenvalue weighted by atomic mass is 9.46. The number of fused-ring (bicyclic) bond motifs is 1. The highest BCUT2D eigenvalue weighted by molar-refractivity contribution is 5.82. The number of carbonyl (C=O) groups is 1. The van der Waals surface area contributed by atoms with E-state index in [-0.39, 0.29) is 22.9 Å². The first-order valence-corrected chi connectivity index (χ1v) is 9.25. The van der Waals surface area contributed by atoms with Crippen LogP contribution in [0.2, 0.25) is 0 Å². The van der Waals surface area contributed by atoms with E-state index in [9.17, 15) is 9.90 Å². The molecule has 0 aromatic carbocycles. The first-order chi connectivity index (χ1) is 11.1. The second-order valence-corrected chi connectivity index (χ2v) is 8.58. The third-order valence-electron chi connectivity index (χ3n) is 7.23. The Morgan fingerprint density at radius 3 is 2.75 bits per heavy atom. The second kappa shape index (κ2) is 7.03. The molecule has 0 aliphatic heterocycles. The first-order valence-electron chi connectivity index (χ1n) is 9.25. The molecule has 0 bridgehead atoms. The van der Waals surface area contributed by atoms with Crippen LogP contribution in [-0.4, -0.2) is 24.3 Å². The number of hydrogen-bond acceptors (Lipinski definition) is 3. The third-order valence-corrected chi connectivity index (χ3v) is 7.23. The molecule has 24 heavy (non-hydrogen) atoms. The van der Waals surface area contributed by atoms with Gasteiger partial charge in [0.05, 0.1) is 13.2 Å². The van der Waals surface area contributed by atoms with E-state index in [0.717, 1.165) is 24.8 Å². The van der Waals surface area contributed by atoms with Gasteiger partial charge in [-0.25, -0.2) is 4.79 Å². The fraction of sp³-hybridized carbons (Fsp3) is 0.762. The van der Waals surface area contributed by atoms with Gasteiger partial charge in [0.15, 0.2) is 0 Å². The molecule has 2 rings (SSSR count). The summed E-state index contributed by atoms with van der Waals surface area (Å²) < 4.78 is 4.73. The Morgan fingerprint density at radius 2 is 2.12 bits per heavy atom. The van der Waals surface area contributed by atoms with Crippen LogP contribution in [-0.2, 0) is 9.53 Å². The number of carbonyl (C=O) groups excluding carboxylic acids is 1. The summed E-state index contributed by atoms with van der Waals surface area (Å²) in [4.78, 5) is 11.4. The molecule has 0 heterocycles. The van der Waals surface area contributed by atoms with Crippen LogP contribution in [0.4, 0.5) is 0 Å². The van der Waals surface area contributed by atoms with E-state index in [0.29, 0.717) is 11.8 Å². The van der Waals surface area contributed by atoms with Crippen LogP contribution in [0.15, 0.2) is 23.3 Å². The number of aliphatic hydroxyl groups excluding tert-OH is 1. The Labute approximate surface area is 147 Å². The van der Waals surface area contributed by atoms with E-state index < -0.39 is 0 Å². The monoisotopic (exact) mass is 334 g/mol. The summed E-state index contributed by atoms with van der Waals surface area (Å²) in [5.74, 6) is 0.838. The molecule has 2 aliphatic carbocycles. The van der Waals surface area contributed by atoms with Gasteiger partial charge in [-0.05, 0) is 68.6 Å². The van der Waals surface area contributed by atoms with E-state index in [1.165, 1.54) is 25.5 Å². The molecule has 1 N–H and O–H groups in total. The Balaban J connectivity index is 2.24. The SMILES string of the molecule is COC(=O)/C=C(\C)CC[C@@]1(C)[C@H](C)CC[C@@]2(C)C(C)=C[C@@H](O)C[C@H]12. The second-order valence-electron chi connectivity index (χ2n) is 8.58. The molecule has 136 valence electrons. The lowest BCUT2D eigenvalue weighted by Gasteiger charge is -2.58. The summed E-state index contributed by atoms with van der Waals surface area (Å²) in [5.41, 5.74) is 2.80. The van der Waals surface area contributed by atoms with Gasteiger partial charge in [0.2, 0.25) is 0 Å². The Hall–Kier alpha value is -1.09. The van der Waals surface area contributed by atoms with Crippen molar-refractivity contribution in [2.75, 3.05) is 7.11 Å². The molecule has 0 saturated heterocycles. The van der Waals surface area contributed by atoms with Gasteiger partial charge in [-0.3, -0.25) is 0 Å². The highest BCUT2D eigenvalue weighted by Gasteiger charge is 2.54. The zero-order valence-electron chi connectivity index (χ0n) is 16.2. The quantitative estimate of drug-likeness (QED) is 0.462. The highest BCUT2D eigenvalue weighted by atomic mass is 16.5. The zero-order valence-corrected chi connectivity index (χ0v) is 16.2.